The molecule has 0 radical (unpaired) electrons. The Bertz CT molecular complexity index is 968. The van der Waals surface area contributed by atoms with Gasteiger partial charge in [0.2, 0.25) is 12.7 Å². The van der Waals surface area contributed by atoms with E-state index in [4.69, 9.17) is 9.47 Å². The van der Waals surface area contributed by atoms with Crippen LogP contribution in [0.25, 0.3) is 16.3 Å². The van der Waals surface area contributed by atoms with Crippen LogP contribution in [-0.2, 0) is 4.79 Å². The van der Waals surface area contributed by atoms with Gasteiger partial charge in [0.15, 0.2) is 16.6 Å². The molecular weight excluding hydrogens is 392 g/mol. The van der Waals surface area contributed by atoms with Gasteiger partial charge in [0.25, 0.3) is 0 Å². The second-order valence-corrected chi connectivity index (χ2v) is 7.01. The molecule has 0 saturated heterocycles. The van der Waals surface area contributed by atoms with Crippen LogP contribution in [0.1, 0.15) is 5.56 Å². The van der Waals surface area contributed by atoms with Crippen LogP contribution < -0.4 is 14.8 Å². The molecule has 1 N–H and O–H groups in total. The van der Waals surface area contributed by atoms with E-state index in [0.29, 0.717) is 10.9 Å². The van der Waals surface area contributed by atoms with Crippen LogP contribution in [0.2, 0.25) is 0 Å². The van der Waals surface area contributed by atoms with Gasteiger partial charge in [-0.3, -0.25) is 10.1 Å². The number of hydrogen-bond donors (Lipinski definition) is 1. The first kappa shape index (κ1) is 15.2. The summed E-state index contributed by atoms with van der Waals surface area (Å²) in [5.41, 5.74) is 1.72. The summed E-state index contributed by atoms with van der Waals surface area (Å²) in [5, 5.41) is 3.36. The van der Waals surface area contributed by atoms with E-state index in [1.165, 1.54) is 17.4 Å². The maximum atomic E-state index is 12.1. The van der Waals surface area contributed by atoms with Crippen molar-refractivity contribution in [1.29, 1.82) is 0 Å². The Morgan fingerprint density at radius 3 is 3.00 bits per heavy atom. The van der Waals surface area contributed by atoms with Crippen molar-refractivity contribution in [1.82, 2.24) is 4.98 Å². The van der Waals surface area contributed by atoms with E-state index in [1.807, 2.05) is 36.4 Å². The number of hydrogen-bond acceptors (Lipinski definition) is 5. The Morgan fingerprint density at radius 1 is 1.21 bits per heavy atom. The van der Waals surface area contributed by atoms with Crippen LogP contribution in [0.15, 0.2) is 46.9 Å². The summed E-state index contributed by atoms with van der Waals surface area (Å²) in [6.07, 6.45) is 3.20. The minimum Gasteiger partial charge on any atom is -0.454 e. The van der Waals surface area contributed by atoms with Gasteiger partial charge in [-0.05, 0) is 42.0 Å². The highest BCUT2D eigenvalue weighted by atomic mass is 79.9. The highest BCUT2D eigenvalue weighted by Crippen LogP contribution is 2.33. The summed E-state index contributed by atoms with van der Waals surface area (Å²) >= 11 is 4.86. The molecule has 0 spiro atoms. The third-order valence-electron chi connectivity index (χ3n) is 3.40. The molecule has 0 saturated carbocycles. The van der Waals surface area contributed by atoms with Gasteiger partial charge in [-0.2, -0.15) is 0 Å². The number of thiazole rings is 1. The number of halogens is 1. The normalized spacial score (nSPS) is 12.9. The monoisotopic (exact) mass is 402 g/mol. The number of nitrogens with zero attached hydrogens (tertiary/aromatic N) is 1. The standard InChI is InChI=1S/C17H11BrN2O3S/c18-11-3-4-12-15(8-11)24-17(19-12)20-16(21)6-2-10-1-5-13-14(7-10)23-9-22-13/h1-8H,9H2,(H,19,20,21)/b6-2+. The molecule has 1 amide bonds. The molecule has 4 rings (SSSR count). The Labute approximate surface area is 150 Å². The maximum absolute atomic E-state index is 12.1. The molecule has 120 valence electrons. The second kappa shape index (κ2) is 6.26. The first-order valence-corrected chi connectivity index (χ1v) is 8.73. The largest absolute Gasteiger partial charge is 0.454 e. The number of carbonyl (C=O) groups excluding carboxylic acids is 1. The Kier molecular flexibility index (Phi) is 3.95. The number of rotatable bonds is 3. The fourth-order valence-electron chi connectivity index (χ4n) is 2.29. The number of ether oxygens (including phenoxy) is 2. The van der Waals surface area contributed by atoms with Crippen molar-refractivity contribution in [2.45, 2.75) is 0 Å². The van der Waals surface area contributed by atoms with Crippen LogP contribution in [-0.4, -0.2) is 17.7 Å². The summed E-state index contributed by atoms with van der Waals surface area (Å²) in [6.45, 7) is 0.233. The first-order valence-electron chi connectivity index (χ1n) is 7.12. The van der Waals surface area contributed by atoms with Gasteiger partial charge in [0, 0.05) is 10.5 Å². The molecule has 1 aromatic heterocycles. The van der Waals surface area contributed by atoms with Gasteiger partial charge in [0.1, 0.15) is 0 Å². The van der Waals surface area contributed by atoms with E-state index in [-0.39, 0.29) is 12.7 Å². The van der Waals surface area contributed by atoms with Crippen molar-refractivity contribution < 1.29 is 14.3 Å². The molecule has 5 nitrogen and oxygen atoms in total. The summed E-state index contributed by atoms with van der Waals surface area (Å²) in [5.74, 6) is 1.18. The van der Waals surface area contributed by atoms with E-state index in [1.54, 1.807) is 6.08 Å². The zero-order chi connectivity index (χ0) is 16.5. The highest BCUT2D eigenvalue weighted by Gasteiger charge is 2.12. The number of fused-ring (bicyclic) bond motifs is 2. The molecule has 0 fully saturated rings. The van der Waals surface area contributed by atoms with Crippen LogP contribution in [0.5, 0.6) is 11.5 Å². The fraction of sp³-hybridized carbons (Fsp3) is 0.0588. The molecule has 0 atom stereocenters. The van der Waals surface area contributed by atoms with Crippen LogP contribution >= 0.6 is 27.3 Å². The fourth-order valence-corrected chi connectivity index (χ4v) is 3.71. The van der Waals surface area contributed by atoms with Crippen LogP contribution in [0, 0.1) is 0 Å². The molecule has 3 aromatic rings. The van der Waals surface area contributed by atoms with Gasteiger partial charge >= 0.3 is 0 Å². The zero-order valence-corrected chi connectivity index (χ0v) is 14.7. The lowest BCUT2D eigenvalue weighted by Crippen LogP contribution is -2.07. The van der Waals surface area contributed by atoms with Gasteiger partial charge in [-0.15, -0.1) is 0 Å². The lowest BCUT2D eigenvalue weighted by Gasteiger charge is -1.98. The Hall–Kier alpha value is -2.38. The van der Waals surface area contributed by atoms with E-state index in [0.717, 1.165) is 26.0 Å². The molecule has 2 aromatic carbocycles. The lowest BCUT2D eigenvalue weighted by molar-refractivity contribution is -0.111. The van der Waals surface area contributed by atoms with Crippen LogP contribution in [0.3, 0.4) is 0 Å². The molecule has 0 unspecified atom stereocenters. The van der Waals surface area contributed by atoms with E-state index < -0.39 is 0 Å². The maximum Gasteiger partial charge on any atom is 0.250 e. The Balaban J connectivity index is 1.47. The number of nitrogens with one attached hydrogen (secondary N) is 1. The molecule has 24 heavy (non-hydrogen) atoms. The molecule has 0 aliphatic carbocycles. The molecule has 2 heterocycles. The van der Waals surface area contributed by atoms with Crippen molar-refractivity contribution in [3.05, 3.63) is 52.5 Å². The first-order chi connectivity index (χ1) is 11.7. The number of anilines is 1. The number of carbonyl (C=O) groups is 1. The second-order valence-electron chi connectivity index (χ2n) is 5.07. The summed E-state index contributed by atoms with van der Waals surface area (Å²) in [7, 11) is 0. The molecule has 0 bridgehead atoms. The predicted molar refractivity (Wildman–Crippen MR) is 97.5 cm³/mol. The minimum absolute atomic E-state index is 0.231. The lowest BCUT2D eigenvalue weighted by atomic mass is 10.2. The van der Waals surface area contributed by atoms with Gasteiger partial charge in [-0.25, -0.2) is 4.98 Å². The van der Waals surface area contributed by atoms with E-state index in [2.05, 4.69) is 26.2 Å². The van der Waals surface area contributed by atoms with Crippen molar-refractivity contribution >= 4 is 54.6 Å². The van der Waals surface area contributed by atoms with Gasteiger partial charge in [-0.1, -0.05) is 33.3 Å². The number of aromatic nitrogens is 1. The van der Waals surface area contributed by atoms with Crippen molar-refractivity contribution in [3.8, 4) is 11.5 Å². The molecule has 7 heteroatoms. The van der Waals surface area contributed by atoms with E-state index in [9.17, 15) is 4.79 Å². The van der Waals surface area contributed by atoms with Crippen molar-refractivity contribution in [3.63, 3.8) is 0 Å². The van der Waals surface area contributed by atoms with Crippen molar-refractivity contribution in [2.24, 2.45) is 0 Å². The third kappa shape index (κ3) is 3.13. The predicted octanol–water partition coefficient (Wildman–Crippen LogP) is 4.44. The quantitative estimate of drug-likeness (QED) is 0.657. The van der Waals surface area contributed by atoms with Crippen molar-refractivity contribution in [2.75, 3.05) is 12.1 Å². The topological polar surface area (TPSA) is 60.5 Å². The SMILES string of the molecule is O=C(/C=C/c1ccc2c(c1)OCO2)Nc1nc2ccc(Br)cc2s1. The average Bonchev–Trinajstić information content (AvgIpc) is 3.17. The molecular formula is C17H11BrN2O3S. The smallest absolute Gasteiger partial charge is 0.250 e. The zero-order valence-electron chi connectivity index (χ0n) is 12.3. The average molecular weight is 403 g/mol. The summed E-state index contributed by atoms with van der Waals surface area (Å²) in [6, 6.07) is 11.3. The summed E-state index contributed by atoms with van der Waals surface area (Å²) < 4.78 is 12.6. The van der Waals surface area contributed by atoms with Gasteiger partial charge < -0.3 is 9.47 Å². The number of benzene rings is 2. The highest BCUT2D eigenvalue weighted by molar-refractivity contribution is 9.10. The third-order valence-corrected chi connectivity index (χ3v) is 4.83. The Morgan fingerprint density at radius 2 is 2.08 bits per heavy atom. The molecule has 1 aliphatic heterocycles. The van der Waals surface area contributed by atoms with E-state index >= 15 is 0 Å². The minimum atomic E-state index is -0.231. The molecule has 1 aliphatic rings. The van der Waals surface area contributed by atoms with Gasteiger partial charge in [0.05, 0.1) is 10.2 Å². The number of amides is 1. The summed E-state index contributed by atoms with van der Waals surface area (Å²) in [4.78, 5) is 16.5. The van der Waals surface area contributed by atoms with Crippen LogP contribution in [0.4, 0.5) is 5.13 Å².